The first-order chi connectivity index (χ1) is 5.11. The number of carbonyl (C=O) groups excluding carboxylic acids is 1. The molecule has 0 heterocycles. The van der Waals surface area contributed by atoms with Crippen LogP contribution in [0.3, 0.4) is 0 Å². The molecule has 0 fully saturated rings. The average molecular weight is 152 g/mol. The molecule has 11 heavy (non-hydrogen) atoms. The highest BCUT2D eigenvalue weighted by Crippen LogP contribution is 1.98. The number of rotatable bonds is 3. The van der Waals surface area contributed by atoms with Crippen molar-refractivity contribution in [3.63, 3.8) is 0 Å². The van der Waals surface area contributed by atoms with E-state index in [-0.39, 0.29) is 11.4 Å². The van der Waals surface area contributed by atoms with Crippen LogP contribution in [-0.4, -0.2) is 24.8 Å². The fraction of sp³-hybridized carbons (Fsp3) is 0.500. The number of hydrogen-bond acceptors (Lipinski definition) is 3. The van der Waals surface area contributed by atoms with Crippen molar-refractivity contribution in [1.29, 1.82) is 5.26 Å². The number of allylic oxidation sites excluding steroid dienone is 1. The zero-order chi connectivity index (χ0) is 8.85. The molecule has 0 aliphatic carbocycles. The molecule has 0 saturated carbocycles. The molecule has 0 spiro atoms. The lowest BCUT2D eigenvalue weighted by Crippen LogP contribution is -2.07. The molecule has 0 atom stereocenters. The first-order valence-electron chi connectivity index (χ1n) is 3.43. The average Bonchev–Trinajstić information content (AvgIpc) is 1.98. The maximum atomic E-state index is 11.0. The molecule has 0 N–H and O–H groups in total. The van der Waals surface area contributed by atoms with Gasteiger partial charge in [-0.2, -0.15) is 5.26 Å². The summed E-state index contributed by atoms with van der Waals surface area (Å²) in [6, 6.07) is 1.85. The van der Waals surface area contributed by atoms with Gasteiger partial charge in [-0.1, -0.05) is 6.92 Å². The van der Waals surface area contributed by atoms with Gasteiger partial charge in [-0.25, -0.2) is 0 Å². The molecule has 60 valence electrons. The van der Waals surface area contributed by atoms with Crippen LogP contribution < -0.4 is 0 Å². The number of hydrogen-bond donors (Lipinski definition) is 0. The molecule has 0 saturated heterocycles. The molecule has 0 bridgehead atoms. The van der Waals surface area contributed by atoms with E-state index in [1.54, 1.807) is 25.9 Å². The lowest BCUT2D eigenvalue weighted by Gasteiger charge is -2.04. The third-order valence-electron chi connectivity index (χ3n) is 1.13. The highest BCUT2D eigenvalue weighted by molar-refractivity contribution is 5.98. The molecule has 0 aliphatic heterocycles. The van der Waals surface area contributed by atoms with Crippen LogP contribution in [-0.2, 0) is 4.79 Å². The Morgan fingerprint density at radius 3 is 2.45 bits per heavy atom. The summed E-state index contributed by atoms with van der Waals surface area (Å²) in [6.07, 6.45) is 1.92. The van der Waals surface area contributed by atoms with Gasteiger partial charge in [-0.15, -0.1) is 0 Å². The van der Waals surface area contributed by atoms with Gasteiger partial charge in [0.1, 0.15) is 11.6 Å². The van der Waals surface area contributed by atoms with E-state index in [0.29, 0.717) is 6.42 Å². The van der Waals surface area contributed by atoms with E-state index in [0.717, 1.165) is 0 Å². The molecule has 0 rings (SSSR count). The molecule has 0 radical (unpaired) electrons. The van der Waals surface area contributed by atoms with E-state index >= 15 is 0 Å². The molecular weight excluding hydrogens is 140 g/mol. The lowest BCUT2D eigenvalue weighted by atomic mass is 10.1. The van der Waals surface area contributed by atoms with Crippen molar-refractivity contribution in [1.82, 2.24) is 4.90 Å². The molecule has 0 aliphatic rings. The summed E-state index contributed by atoms with van der Waals surface area (Å²) >= 11 is 0. The van der Waals surface area contributed by atoms with Crippen LogP contribution in [0, 0.1) is 11.3 Å². The Labute approximate surface area is 66.9 Å². The summed E-state index contributed by atoms with van der Waals surface area (Å²) in [4.78, 5) is 12.6. The summed E-state index contributed by atoms with van der Waals surface area (Å²) in [7, 11) is 3.56. The smallest absolute Gasteiger partial charge is 0.174 e. The summed E-state index contributed by atoms with van der Waals surface area (Å²) in [6.45, 7) is 1.74. The number of Topliss-reactive ketones (excluding diaryl/α,β-unsaturated/α-hetero) is 1. The van der Waals surface area contributed by atoms with Gasteiger partial charge in [0.25, 0.3) is 0 Å². The van der Waals surface area contributed by atoms with E-state index in [1.807, 2.05) is 6.07 Å². The Morgan fingerprint density at radius 2 is 2.18 bits per heavy atom. The van der Waals surface area contributed by atoms with Crippen LogP contribution in [0.1, 0.15) is 13.3 Å². The van der Waals surface area contributed by atoms with Crippen molar-refractivity contribution >= 4 is 5.78 Å². The lowest BCUT2D eigenvalue weighted by molar-refractivity contribution is -0.114. The predicted octanol–water partition coefficient (Wildman–Crippen LogP) is 0.935. The topological polar surface area (TPSA) is 44.1 Å². The van der Waals surface area contributed by atoms with E-state index in [1.165, 1.54) is 6.20 Å². The molecule has 3 nitrogen and oxygen atoms in total. The quantitative estimate of drug-likeness (QED) is 0.446. The van der Waals surface area contributed by atoms with Crippen LogP contribution in [0.5, 0.6) is 0 Å². The fourth-order valence-corrected chi connectivity index (χ4v) is 0.612. The van der Waals surface area contributed by atoms with E-state index in [4.69, 9.17) is 5.26 Å². The van der Waals surface area contributed by atoms with Crippen molar-refractivity contribution in [3.05, 3.63) is 11.8 Å². The van der Waals surface area contributed by atoms with E-state index < -0.39 is 0 Å². The minimum atomic E-state index is -0.110. The normalized spacial score (nSPS) is 10.5. The second-order valence-corrected chi connectivity index (χ2v) is 2.39. The fourth-order valence-electron chi connectivity index (χ4n) is 0.612. The minimum absolute atomic E-state index is 0.110. The number of carbonyl (C=O) groups is 1. The van der Waals surface area contributed by atoms with Gasteiger partial charge in [0.2, 0.25) is 0 Å². The SMILES string of the molecule is CCC(=O)/C(C#N)=C\N(C)C. The Morgan fingerprint density at radius 1 is 1.64 bits per heavy atom. The van der Waals surface area contributed by atoms with Gasteiger partial charge in [0, 0.05) is 26.7 Å². The molecule has 3 heteroatoms. The Bertz CT molecular complexity index is 211. The third kappa shape index (κ3) is 3.41. The van der Waals surface area contributed by atoms with Crippen LogP contribution >= 0.6 is 0 Å². The van der Waals surface area contributed by atoms with E-state index in [2.05, 4.69) is 0 Å². The first-order valence-corrected chi connectivity index (χ1v) is 3.43. The minimum Gasteiger partial charge on any atom is -0.382 e. The second-order valence-electron chi connectivity index (χ2n) is 2.39. The van der Waals surface area contributed by atoms with Crippen molar-refractivity contribution in [2.24, 2.45) is 0 Å². The number of ketones is 1. The van der Waals surface area contributed by atoms with Gasteiger partial charge in [-0.05, 0) is 0 Å². The molecule has 0 aromatic carbocycles. The predicted molar refractivity (Wildman–Crippen MR) is 42.7 cm³/mol. The summed E-state index contributed by atoms with van der Waals surface area (Å²) in [5.41, 5.74) is 0.220. The summed E-state index contributed by atoms with van der Waals surface area (Å²) < 4.78 is 0. The maximum Gasteiger partial charge on any atom is 0.174 e. The molecule has 0 aromatic rings. The standard InChI is InChI=1S/C8H12N2O/c1-4-8(11)7(5-9)6-10(2)3/h6H,4H2,1-3H3/b7-6-. The van der Waals surface area contributed by atoms with Crippen molar-refractivity contribution in [2.45, 2.75) is 13.3 Å². The largest absolute Gasteiger partial charge is 0.382 e. The van der Waals surface area contributed by atoms with Gasteiger partial charge in [-0.3, -0.25) is 4.79 Å². The highest BCUT2D eigenvalue weighted by atomic mass is 16.1. The number of nitrogens with zero attached hydrogens (tertiary/aromatic N) is 2. The Hall–Kier alpha value is -1.30. The number of nitriles is 1. The monoisotopic (exact) mass is 152 g/mol. The van der Waals surface area contributed by atoms with Crippen LogP contribution in [0.25, 0.3) is 0 Å². The van der Waals surface area contributed by atoms with Crippen molar-refractivity contribution in [3.8, 4) is 6.07 Å². The summed E-state index contributed by atoms with van der Waals surface area (Å²) in [5.74, 6) is -0.110. The molecular formula is C8H12N2O. The van der Waals surface area contributed by atoms with Gasteiger partial charge in [0.15, 0.2) is 5.78 Å². The molecule has 0 unspecified atom stereocenters. The molecule has 0 amide bonds. The van der Waals surface area contributed by atoms with Gasteiger partial charge < -0.3 is 4.90 Å². The van der Waals surface area contributed by atoms with Crippen LogP contribution in [0.2, 0.25) is 0 Å². The van der Waals surface area contributed by atoms with Crippen molar-refractivity contribution < 1.29 is 4.79 Å². The summed E-state index contributed by atoms with van der Waals surface area (Å²) in [5, 5.41) is 8.51. The Balaban J connectivity index is 4.43. The molecule has 0 aromatic heterocycles. The van der Waals surface area contributed by atoms with Crippen molar-refractivity contribution in [2.75, 3.05) is 14.1 Å². The zero-order valence-electron chi connectivity index (χ0n) is 7.09. The zero-order valence-corrected chi connectivity index (χ0v) is 7.09. The Kier molecular flexibility index (Phi) is 3.97. The second kappa shape index (κ2) is 4.51. The van der Waals surface area contributed by atoms with Crippen LogP contribution in [0.4, 0.5) is 0 Å². The highest BCUT2D eigenvalue weighted by Gasteiger charge is 2.04. The maximum absolute atomic E-state index is 11.0. The van der Waals surface area contributed by atoms with Gasteiger partial charge in [0.05, 0.1) is 0 Å². The third-order valence-corrected chi connectivity index (χ3v) is 1.13. The first kappa shape index (κ1) is 9.70. The van der Waals surface area contributed by atoms with Gasteiger partial charge >= 0.3 is 0 Å². The van der Waals surface area contributed by atoms with E-state index in [9.17, 15) is 4.79 Å². The van der Waals surface area contributed by atoms with Crippen LogP contribution in [0.15, 0.2) is 11.8 Å².